The maximum absolute atomic E-state index is 11.4. The summed E-state index contributed by atoms with van der Waals surface area (Å²) in [6.07, 6.45) is 6.77. The van der Waals surface area contributed by atoms with E-state index in [1.165, 1.54) is 19.3 Å². The van der Waals surface area contributed by atoms with Gasteiger partial charge in [-0.2, -0.15) is 0 Å². The molecule has 4 aliphatic carbocycles. The average molecular weight is 192 g/mol. The summed E-state index contributed by atoms with van der Waals surface area (Å²) in [7, 11) is 2.31. The normalized spacial score (nSPS) is 54.9. The molecule has 4 saturated carbocycles. The Balaban J connectivity index is 2.00. The smallest absolute Gasteiger partial charge is 0.309 e. The van der Waals surface area contributed by atoms with E-state index >= 15 is 0 Å². The zero-order chi connectivity index (χ0) is 9.97. The Morgan fingerprint density at radius 2 is 1.79 bits per heavy atom. The second-order valence-electron chi connectivity index (χ2n) is 6.36. The van der Waals surface area contributed by atoms with E-state index in [1.54, 1.807) is 0 Å². The van der Waals surface area contributed by atoms with Gasteiger partial charge in [0, 0.05) is 0 Å². The second-order valence-corrected chi connectivity index (χ2v) is 6.36. The Morgan fingerprint density at radius 1 is 1.21 bits per heavy atom. The van der Waals surface area contributed by atoms with Gasteiger partial charge in [-0.15, -0.1) is 0 Å². The molecule has 4 rings (SSSR count). The number of carboxylic acids is 1. The van der Waals surface area contributed by atoms with E-state index in [4.69, 9.17) is 0 Å². The van der Waals surface area contributed by atoms with Crippen LogP contribution in [0.3, 0.4) is 0 Å². The van der Waals surface area contributed by atoms with Crippen molar-refractivity contribution in [2.24, 2.45) is 17.3 Å². The minimum absolute atomic E-state index is 0.321. The number of hydrogen-bond acceptors (Lipinski definition) is 1. The molecular weight excluding hydrogens is 175 g/mol. The van der Waals surface area contributed by atoms with Crippen LogP contribution in [-0.2, 0) is 4.79 Å². The molecule has 4 fully saturated rings. The van der Waals surface area contributed by atoms with Gasteiger partial charge in [0.2, 0.25) is 0 Å². The van der Waals surface area contributed by atoms with E-state index in [1.807, 2.05) is 0 Å². The standard InChI is InChI=1S/C11H17BO2/c12-11-4-7-1-8(5-11)3-10(2-7,6-11)9(13)14/h7-8H,1-6,12H2,(H,13,14). The van der Waals surface area contributed by atoms with Gasteiger partial charge in [0.05, 0.1) is 5.41 Å². The Kier molecular flexibility index (Phi) is 1.49. The molecule has 2 atom stereocenters. The fourth-order valence-corrected chi connectivity index (χ4v) is 4.97. The average Bonchev–Trinajstić information content (AvgIpc) is 1.98. The molecule has 2 nitrogen and oxygen atoms in total. The second kappa shape index (κ2) is 2.37. The van der Waals surface area contributed by atoms with Gasteiger partial charge in [-0.1, -0.05) is 18.2 Å². The molecule has 4 aliphatic rings. The molecule has 0 aliphatic heterocycles. The first-order chi connectivity index (χ1) is 6.51. The number of rotatable bonds is 1. The van der Waals surface area contributed by atoms with Crippen LogP contribution in [0.1, 0.15) is 38.5 Å². The number of aliphatic carboxylic acids is 1. The number of carbonyl (C=O) groups is 1. The van der Waals surface area contributed by atoms with Crippen molar-refractivity contribution < 1.29 is 9.90 Å². The van der Waals surface area contributed by atoms with Crippen molar-refractivity contribution in [2.75, 3.05) is 0 Å². The summed E-state index contributed by atoms with van der Waals surface area (Å²) >= 11 is 0. The molecule has 0 aromatic rings. The summed E-state index contributed by atoms with van der Waals surface area (Å²) in [4.78, 5) is 11.4. The quantitative estimate of drug-likeness (QED) is 0.638. The highest BCUT2D eigenvalue weighted by Crippen LogP contribution is 2.67. The van der Waals surface area contributed by atoms with E-state index in [-0.39, 0.29) is 5.41 Å². The summed E-state index contributed by atoms with van der Waals surface area (Å²) < 4.78 is 0. The third-order valence-corrected chi connectivity index (χ3v) is 4.81. The van der Waals surface area contributed by atoms with Crippen LogP contribution >= 0.6 is 0 Å². The van der Waals surface area contributed by atoms with Crippen LogP contribution in [0.15, 0.2) is 0 Å². The van der Waals surface area contributed by atoms with Gasteiger partial charge in [0.25, 0.3) is 0 Å². The van der Waals surface area contributed by atoms with Crippen molar-refractivity contribution in [2.45, 2.75) is 43.8 Å². The fourth-order valence-electron chi connectivity index (χ4n) is 4.97. The van der Waals surface area contributed by atoms with E-state index in [9.17, 15) is 9.90 Å². The Labute approximate surface area is 85.5 Å². The lowest BCUT2D eigenvalue weighted by Crippen LogP contribution is -2.52. The maximum Gasteiger partial charge on any atom is 0.309 e. The van der Waals surface area contributed by atoms with Crippen molar-refractivity contribution in [3.63, 3.8) is 0 Å². The zero-order valence-electron chi connectivity index (χ0n) is 8.75. The van der Waals surface area contributed by atoms with Crippen molar-refractivity contribution in [3.8, 4) is 0 Å². The third kappa shape index (κ3) is 1.01. The van der Waals surface area contributed by atoms with E-state index in [0.717, 1.165) is 31.1 Å². The van der Waals surface area contributed by atoms with Crippen molar-refractivity contribution >= 4 is 13.8 Å². The molecule has 0 amide bonds. The molecule has 0 aromatic carbocycles. The molecule has 0 aromatic heterocycles. The molecule has 0 spiro atoms. The van der Waals surface area contributed by atoms with Crippen molar-refractivity contribution in [3.05, 3.63) is 0 Å². The monoisotopic (exact) mass is 192 g/mol. The Morgan fingerprint density at radius 3 is 2.21 bits per heavy atom. The topological polar surface area (TPSA) is 37.3 Å². The van der Waals surface area contributed by atoms with E-state index < -0.39 is 5.97 Å². The Hall–Kier alpha value is -0.465. The molecule has 2 unspecified atom stereocenters. The third-order valence-electron chi connectivity index (χ3n) is 4.81. The summed E-state index contributed by atoms with van der Waals surface area (Å²) in [5.41, 5.74) is -0.321. The molecule has 3 heteroatoms. The Bertz CT molecular complexity index is 286. The summed E-state index contributed by atoms with van der Waals surface area (Å²) in [5, 5.41) is 9.76. The molecule has 1 N–H and O–H groups in total. The largest absolute Gasteiger partial charge is 0.481 e. The van der Waals surface area contributed by atoms with Crippen LogP contribution in [0.25, 0.3) is 0 Å². The molecular formula is C11H17BO2. The molecule has 14 heavy (non-hydrogen) atoms. The van der Waals surface area contributed by atoms with Gasteiger partial charge in [0.1, 0.15) is 7.85 Å². The van der Waals surface area contributed by atoms with Crippen LogP contribution in [0.2, 0.25) is 5.31 Å². The van der Waals surface area contributed by atoms with E-state index in [2.05, 4.69) is 7.85 Å². The van der Waals surface area contributed by atoms with Gasteiger partial charge in [-0.3, -0.25) is 4.79 Å². The highest BCUT2D eigenvalue weighted by atomic mass is 16.4. The lowest BCUT2D eigenvalue weighted by Gasteiger charge is -2.59. The SMILES string of the molecule is BC12CC3CC(C1)CC(C(=O)O)(C3)C2. The van der Waals surface area contributed by atoms with Gasteiger partial charge in [-0.05, 0) is 37.5 Å². The molecule has 0 radical (unpaired) electrons. The predicted molar refractivity (Wildman–Crippen MR) is 56.0 cm³/mol. The van der Waals surface area contributed by atoms with E-state index in [0.29, 0.717) is 5.31 Å². The zero-order valence-corrected chi connectivity index (χ0v) is 8.75. The number of carboxylic acid groups (broad SMARTS) is 1. The van der Waals surface area contributed by atoms with Gasteiger partial charge < -0.3 is 5.11 Å². The molecule has 0 saturated heterocycles. The highest BCUT2D eigenvalue weighted by Gasteiger charge is 2.58. The van der Waals surface area contributed by atoms with Crippen LogP contribution in [-0.4, -0.2) is 18.9 Å². The first-order valence-corrected chi connectivity index (χ1v) is 5.75. The molecule has 4 bridgehead atoms. The summed E-state index contributed by atoms with van der Waals surface area (Å²) in [6, 6.07) is 0. The maximum atomic E-state index is 11.4. The van der Waals surface area contributed by atoms with Crippen LogP contribution in [0.5, 0.6) is 0 Å². The first-order valence-electron chi connectivity index (χ1n) is 5.75. The minimum Gasteiger partial charge on any atom is -0.481 e. The number of hydrogen-bond donors (Lipinski definition) is 1. The van der Waals surface area contributed by atoms with Crippen molar-refractivity contribution in [1.82, 2.24) is 0 Å². The minimum atomic E-state index is -0.516. The van der Waals surface area contributed by atoms with Crippen molar-refractivity contribution in [1.29, 1.82) is 0 Å². The molecule has 0 heterocycles. The summed E-state index contributed by atoms with van der Waals surface area (Å²) in [5.74, 6) is 0.924. The fraction of sp³-hybridized carbons (Fsp3) is 0.909. The van der Waals surface area contributed by atoms with Crippen LogP contribution < -0.4 is 0 Å². The lowest BCUT2D eigenvalue weighted by atomic mass is 9.39. The highest BCUT2D eigenvalue weighted by molar-refractivity contribution is 6.15. The predicted octanol–water partition coefficient (Wildman–Crippen LogP) is 1.46. The van der Waals surface area contributed by atoms with Crippen LogP contribution in [0.4, 0.5) is 0 Å². The summed E-state index contributed by atoms with van der Waals surface area (Å²) in [6.45, 7) is 0. The lowest BCUT2D eigenvalue weighted by molar-refractivity contribution is -0.163. The van der Waals surface area contributed by atoms with Gasteiger partial charge in [0.15, 0.2) is 0 Å². The van der Waals surface area contributed by atoms with Gasteiger partial charge >= 0.3 is 5.97 Å². The first kappa shape index (κ1) is 8.81. The molecule has 76 valence electrons. The van der Waals surface area contributed by atoms with Gasteiger partial charge in [-0.25, -0.2) is 0 Å². The van der Waals surface area contributed by atoms with Crippen LogP contribution in [0, 0.1) is 17.3 Å².